The van der Waals surface area contributed by atoms with E-state index in [1.807, 2.05) is 52.9 Å². The molecule has 1 aliphatic rings. The molecule has 0 spiro atoms. The Kier molecular flexibility index (Phi) is 2.77. The van der Waals surface area contributed by atoms with E-state index in [1.54, 1.807) is 6.92 Å². The molecule has 3 nitrogen and oxygen atoms in total. The minimum atomic E-state index is -0.769. The van der Waals surface area contributed by atoms with E-state index in [9.17, 15) is 4.79 Å². The van der Waals surface area contributed by atoms with Crippen molar-refractivity contribution in [3.63, 3.8) is 0 Å². The highest BCUT2D eigenvalue weighted by atomic mass is 127. The Morgan fingerprint density at radius 1 is 1.47 bits per heavy atom. The molecule has 1 aliphatic heterocycles. The van der Waals surface area contributed by atoms with Crippen LogP contribution < -0.4 is 0 Å². The molecule has 1 atom stereocenters. The first-order chi connectivity index (χ1) is 7.18. The lowest BCUT2D eigenvalue weighted by molar-refractivity contribution is -0.142. The number of hydrogen-bond donors (Lipinski definition) is 0. The number of alkyl halides is 1. The van der Waals surface area contributed by atoms with Gasteiger partial charge < -0.3 is 4.74 Å². The number of ether oxygens (including phenoxy) is 1. The van der Waals surface area contributed by atoms with Crippen molar-refractivity contribution in [2.45, 2.75) is 10.5 Å². The fourth-order valence-corrected chi connectivity index (χ4v) is 2.06. The van der Waals surface area contributed by atoms with Crippen LogP contribution in [0.25, 0.3) is 0 Å². The van der Waals surface area contributed by atoms with E-state index in [0.29, 0.717) is 6.61 Å². The summed E-state index contributed by atoms with van der Waals surface area (Å²) in [6, 6.07) is 9.68. The van der Waals surface area contributed by atoms with Gasteiger partial charge >= 0.3 is 5.97 Å². The Morgan fingerprint density at radius 2 is 2.13 bits per heavy atom. The quantitative estimate of drug-likeness (QED) is 0.371. The molecule has 1 heterocycles. The van der Waals surface area contributed by atoms with Gasteiger partial charge in [-0.05, 0) is 35.1 Å². The monoisotopic (exact) mass is 315 g/mol. The number of carbonyl (C=O) groups excluding carboxylic acids is 1. The van der Waals surface area contributed by atoms with Crippen molar-refractivity contribution in [3.05, 3.63) is 35.9 Å². The van der Waals surface area contributed by atoms with Crippen LogP contribution in [-0.4, -0.2) is 21.8 Å². The molecule has 0 N–H and O–H groups in total. The Hall–Kier alpha value is -0.910. The maximum Gasteiger partial charge on any atom is 0.350 e. The number of aliphatic imine (C=N–C) groups is 1. The number of hydrogen-bond acceptors (Lipinski definition) is 3. The molecule has 0 saturated heterocycles. The lowest BCUT2D eigenvalue weighted by atomic mass is 10.1. The van der Waals surface area contributed by atoms with Crippen LogP contribution in [0, 0.1) is 0 Å². The molecule has 1 aromatic carbocycles. The van der Waals surface area contributed by atoms with Crippen LogP contribution in [0.1, 0.15) is 12.5 Å². The van der Waals surface area contributed by atoms with Gasteiger partial charge in [0.2, 0.25) is 3.55 Å². The van der Waals surface area contributed by atoms with Gasteiger partial charge in [-0.3, -0.25) is 0 Å². The zero-order valence-corrected chi connectivity index (χ0v) is 10.4. The molecule has 1 aromatic rings. The summed E-state index contributed by atoms with van der Waals surface area (Å²) in [7, 11) is 0. The van der Waals surface area contributed by atoms with Gasteiger partial charge in [-0.25, -0.2) is 9.79 Å². The Labute approximate surface area is 102 Å². The van der Waals surface area contributed by atoms with Gasteiger partial charge in [0.25, 0.3) is 0 Å². The number of esters is 1. The molecule has 1 unspecified atom stereocenters. The average Bonchev–Trinajstić information content (AvgIpc) is 2.94. The minimum absolute atomic E-state index is 0.274. The Balaban J connectivity index is 2.12. The summed E-state index contributed by atoms with van der Waals surface area (Å²) in [4.78, 5) is 15.8. The highest BCUT2D eigenvalue weighted by molar-refractivity contribution is 14.1. The lowest BCUT2D eigenvalue weighted by Crippen LogP contribution is -2.26. The molecular formula is C11H10INO2. The van der Waals surface area contributed by atoms with Gasteiger partial charge in [-0.2, -0.15) is 0 Å². The molecule has 78 valence electrons. The molecule has 2 rings (SSSR count). The second-order valence-electron chi connectivity index (χ2n) is 3.17. The van der Waals surface area contributed by atoms with Crippen LogP contribution in [0.5, 0.6) is 0 Å². The third-order valence-corrected chi connectivity index (χ3v) is 3.32. The van der Waals surface area contributed by atoms with Gasteiger partial charge in [0, 0.05) is 0 Å². The smallest absolute Gasteiger partial charge is 0.350 e. The first-order valence-corrected chi connectivity index (χ1v) is 5.78. The van der Waals surface area contributed by atoms with E-state index in [2.05, 4.69) is 4.99 Å². The summed E-state index contributed by atoms with van der Waals surface area (Å²) in [6.45, 7) is 2.18. The van der Waals surface area contributed by atoms with Gasteiger partial charge in [-0.1, -0.05) is 30.3 Å². The molecule has 0 bridgehead atoms. The van der Waals surface area contributed by atoms with Gasteiger partial charge in [-0.15, -0.1) is 0 Å². The van der Waals surface area contributed by atoms with E-state index < -0.39 is 3.55 Å². The minimum Gasteiger partial charge on any atom is -0.463 e. The molecule has 4 heteroatoms. The molecule has 0 aliphatic carbocycles. The largest absolute Gasteiger partial charge is 0.463 e. The summed E-state index contributed by atoms with van der Waals surface area (Å²) >= 11 is 2.02. The fraction of sp³-hybridized carbons (Fsp3) is 0.273. The highest BCUT2D eigenvalue weighted by Gasteiger charge is 2.53. The van der Waals surface area contributed by atoms with E-state index in [4.69, 9.17) is 4.74 Å². The van der Waals surface area contributed by atoms with Crippen LogP contribution in [0.3, 0.4) is 0 Å². The number of nitrogens with zero attached hydrogens (tertiary/aromatic N) is 1. The third kappa shape index (κ3) is 1.90. The summed E-state index contributed by atoms with van der Waals surface area (Å²) < 4.78 is 4.19. The van der Waals surface area contributed by atoms with Crippen molar-refractivity contribution in [2.24, 2.45) is 4.99 Å². The standard InChI is InChI=1S/C11H10INO2/c1-2-15-10(14)11(12)9(13-11)8-6-4-3-5-7-8/h3-7H,2H2,1H3. The normalized spacial score (nSPS) is 23.2. The van der Waals surface area contributed by atoms with Crippen LogP contribution in [-0.2, 0) is 9.53 Å². The summed E-state index contributed by atoms with van der Waals surface area (Å²) in [6.07, 6.45) is 0. The molecule has 0 radical (unpaired) electrons. The molecule has 15 heavy (non-hydrogen) atoms. The topological polar surface area (TPSA) is 38.7 Å². The van der Waals surface area contributed by atoms with E-state index >= 15 is 0 Å². The van der Waals surface area contributed by atoms with Gasteiger partial charge in [0.15, 0.2) is 0 Å². The maximum absolute atomic E-state index is 11.6. The highest BCUT2D eigenvalue weighted by Crippen LogP contribution is 2.40. The predicted octanol–water partition coefficient (Wildman–Crippen LogP) is 2.18. The summed E-state index contributed by atoms with van der Waals surface area (Å²) in [5, 5.41) is 0. The number of rotatable bonds is 3. The lowest BCUT2D eigenvalue weighted by Gasteiger charge is -2.06. The van der Waals surface area contributed by atoms with Crippen LogP contribution in [0.4, 0.5) is 0 Å². The number of benzene rings is 1. The van der Waals surface area contributed by atoms with Crippen LogP contribution in [0.15, 0.2) is 35.3 Å². The zero-order valence-electron chi connectivity index (χ0n) is 8.24. The number of halogens is 1. The molecule has 0 aromatic heterocycles. The van der Waals surface area contributed by atoms with Crippen molar-refractivity contribution in [2.75, 3.05) is 6.61 Å². The maximum atomic E-state index is 11.6. The van der Waals surface area contributed by atoms with Crippen LogP contribution in [0.2, 0.25) is 0 Å². The Morgan fingerprint density at radius 3 is 2.73 bits per heavy atom. The van der Waals surface area contributed by atoms with Crippen LogP contribution >= 0.6 is 22.6 Å². The molecule has 0 amide bonds. The van der Waals surface area contributed by atoms with Gasteiger partial charge in [0.05, 0.1) is 12.3 Å². The second kappa shape index (κ2) is 3.92. The van der Waals surface area contributed by atoms with Crippen molar-refractivity contribution in [1.82, 2.24) is 0 Å². The zero-order chi connectivity index (χ0) is 10.9. The second-order valence-corrected chi connectivity index (χ2v) is 4.73. The Bertz CT molecular complexity index is 416. The van der Waals surface area contributed by atoms with E-state index in [1.165, 1.54) is 0 Å². The molecule has 0 saturated carbocycles. The van der Waals surface area contributed by atoms with Crippen molar-refractivity contribution >= 4 is 34.3 Å². The van der Waals surface area contributed by atoms with E-state index in [0.717, 1.165) is 11.3 Å². The fourth-order valence-electron chi connectivity index (χ4n) is 1.35. The third-order valence-electron chi connectivity index (χ3n) is 2.12. The molecule has 0 fully saturated rings. The summed E-state index contributed by atoms with van der Waals surface area (Å²) in [5.74, 6) is -0.274. The van der Waals surface area contributed by atoms with Crippen molar-refractivity contribution < 1.29 is 9.53 Å². The van der Waals surface area contributed by atoms with E-state index in [-0.39, 0.29) is 5.97 Å². The number of carbonyl (C=O) groups is 1. The SMILES string of the molecule is CCOC(=O)C1(I)N=C1c1ccccc1. The van der Waals surface area contributed by atoms with Gasteiger partial charge in [0.1, 0.15) is 0 Å². The average molecular weight is 315 g/mol. The summed E-state index contributed by atoms with van der Waals surface area (Å²) in [5.41, 5.74) is 1.79. The van der Waals surface area contributed by atoms with Crippen molar-refractivity contribution in [1.29, 1.82) is 0 Å². The predicted molar refractivity (Wildman–Crippen MR) is 66.4 cm³/mol. The van der Waals surface area contributed by atoms with Crippen molar-refractivity contribution in [3.8, 4) is 0 Å². The first kappa shape index (κ1) is 10.6. The first-order valence-electron chi connectivity index (χ1n) is 4.70. The molecular weight excluding hydrogens is 305 g/mol.